The summed E-state index contributed by atoms with van der Waals surface area (Å²) in [5.74, 6) is -0.924. The number of aromatic nitrogens is 1. The highest BCUT2D eigenvalue weighted by Crippen LogP contribution is 2.23. The maximum atomic E-state index is 12.8. The molecule has 0 bridgehead atoms. The summed E-state index contributed by atoms with van der Waals surface area (Å²) in [6.45, 7) is 4.90. The minimum atomic E-state index is -3.79. The first kappa shape index (κ1) is 20.9. The van der Waals surface area contributed by atoms with Crippen LogP contribution in [0.15, 0.2) is 29.2 Å². The molecule has 1 heterocycles. The van der Waals surface area contributed by atoms with Crippen LogP contribution in [0.5, 0.6) is 0 Å². The Balaban J connectivity index is 2.35. The Bertz CT molecular complexity index is 988. The lowest BCUT2D eigenvalue weighted by Gasteiger charge is -2.17. The lowest BCUT2D eigenvalue weighted by Crippen LogP contribution is -2.32. The number of rotatable bonds is 6. The summed E-state index contributed by atoms with van der Waals surface area (Å²) in [6, 6.07) is 6.44. The van der Waals surface area contributed by atoms with Crippen LogP contribution in [-0.2, 0) is 21.8 Å². The molecule has 1 aromatic carbocycles. The molecule has 1 aromatic heterocycles. The molecular weight excluding hydrogens is 368 g/mol. The number of hydrogen-bond acceptors (Lipinski definition) is 5. The van der Waals surface area contributed by atoms with Gasteiger partial charge in [-0.15, -0.1) is 0 Å². The van der Waals surface area contributed by atoms with Crippen molar-refractivity contribution in [2.75, 3.05) is 20.7 Å². The Morgan fingerprint density at radius 2 is 1.67 bits per heavy atom. The summed E-state index contributed by atoms with van der Waals surface area (Å²) in [6.07, 6.45) is 0. The number of esters is 1. The molecule has 27 heavy (non-hydrogen) atoms. The molecule has 8 heteroatoms. The van der Waals surface area contributed by atoms with E-state index in [0.717, 1.165) is 9.87 Å². The van der Waals surface area contributed by atoms with Gasteiger partial charge in [-0.05, 0) is 38.5 Å². The number of ketones is 1. The van der Waals surface area contributed by atoms with Crippen LogP contribution in [-0.4, -0.2) is 49.7 Å². The molecule has 2 rings (SSSR count). The molecule has 0 atom stereocenters. The van der Waals surface area contributed by atoms with Crippen LogP contribution in [0, 0.1) is 20.8 Å². The minimum absolute atomic E-state index is 0.125. The quantitative estimate of drug-likeness (QED) is 0.556. The van der Waals surface area contributed by atoms with E-state index in [1.54, 1.807) is 37.6 Å². The van der Waals surface area contributed by atoms with Crippen molar-refractivity contribution in [3.8, 4) is 0 Å². The molecule has 0 N–H and O–H groups in total. The van der Waals surface area contributed by atoms with Crippen molar-refractivity contribution < 1.29 is 22.7 Å². The van der Waals surface area contributed by atoms with Gasteiger partial charge in [-0.1, -0.05) is 17.7 Å². The van der Waals surface area contributed by atoms with Crippen molar-refractivity contribution in [2.24, 2.45) is 7.05 Å². The Hall–Kier alpha value is -2.45. The van der Waals surface area contributed by atoms with E-state index in [0.29, 0.717) is 16.8 Å². The second kappa shape index (κ2) is 7.66. The van der Waals surface area contributed by atoms with Gasteiger partial charge in [0.15, 0.2) is 5.78 Å². The third-order valence-electron chi connectivity index (χ3n) is 4.68. The maximum absolute atomic E-state index is 12.8. The van der Waals surface area contributed by atoms with Crippen LogP contribution in [0.2, 0.25) is 0 Å². The van der Waals surface area contributed by atoms with E-state index in [-0.39, 0.29) is 22.9 Å². The molecule has 0 spiro atoms. The van der Waals surface area contributed by atoms with Gasteiger partial charge in [0.1, 0.15) is 5.69 Å². The van der Waals surface area contributed by atoms with E-state index in [1.165, 1.54) is 26.3 Å². The van der Waals surface area contributed by atoms with Gasteiger partial charge >= 0.3 is 5.97 Å². The summed E-state index contributed by atoms with van der Waals surface area (Å²) in [7, 11) is 0.504. The number of methoxy groups -OCH3 is 1. The average Bonchev–Trinajstić information content (AvgIpc) is 2.83. The van der Waals surface area contributed by atoms with E-state index >= 15 is 0 Å². The Morgan fingerprint density at radius 3 is 2.19 bits per heavy atom. The summed E-state index contributed by atoms with van der Waals surface area (Å²) >= 11 is 0. The van der Waals surface area contributed by atoms with Crippen LogP contribution in [0.3, 0.4) is 0 Å². The minimum Gasteiger partial charge on any atom is -0.464 e. The fraction of sp³-hybridized carbons (Fsp3) is 0.368. The first-order valence-corrected chi connectivity index (χ1v) is 9.76. The largest absolute Gasteiger partial charge is 0.464 e. The Labute approximate surface area is 159 Å². The molecule has 0 amide bonds. The van der Waals surface area contributed by atoms with Crippen LogP contribution in [0.25, 0.3) is 0 Å². The number of likely N-dealkylation sites (N-methyl/N-ethyl adjacent to an activating group) is 1. The first-order chi connectivity index (χ1) is 12.5. The van der Waals surface area contributed by atoms with Crippen molar-refractivity contribution in [3.63, 3.8) is 0 Å². The number of aryl methyl sites for hydroxylation is 1. The molecule has 0 radical (unpaired) electrons. The SMILES string of the molecule is COC(=O)c1c(C)c(C(=O)CN(C)S(=O)(=O)c2ccc(C)cc2)c(C)n1C. The molecule has 0 aliphatic carbocycles. The molecule has 0 saturated carbocycles. The topological polar surface area (TPSA) is 85.7 Å². The zero-order valence-electron chi connectivity index (χ0n) is 16.4. The van der Waals surface area contributed by atoms with Gasteiger partial charge in [-0.25, -0.2) is 13.2 Å². The lowest BCUT2D eigenvalue weighted by atomic mass is 10.1. The molecule has 146 valence electrons. The zero-order valence-corrected chi connectivity index (χ0v) is 17.2. The molecule has 0 saturated heterocycles. The summed E-state index contributed by atoms with van der Waals surface area (Å²) in [5, 5.41) is 0. The maximum Gasteiger partial charge on any atom is 0.354 e. The third-order valence-corrected chi connectivity index (χ3v) is 6.50. The van der Waals surface area contributed by atoms with E-state index in [2.05, 4.69) is 0 Å². The van der Waals surface area contributed by atoms with Gasteiger partial charge in [0.25, 0.3) is 0 Å². The van der Waals surface area contributed by atoms with Crippen molar-refractivity contribution >= 4 is 21.8 Å². The zero-order chi connectivity index (χ0) is 20.5. The Kier molecular flexibility index (Phi) is 5.91. The van der Waals surface area contributed by atoms with Gasteiger partial charge in [-0.2, -0.15) is 4.31 Å². The van der Waals surface area contributed by atoms with Crippen molar-refractivity contribution in [3.05, 3.63) is 52.3 Å². The smallest absolute Gasteiger partial charge is 0.354 e. The predicted molar refractivity (Wildman–Crippen MR) is 102 cm³/mol. The van der Waals surface area contributed by atoms with Crippen LogP contribution < -0.4 is 0 Å². The fourth-order valence-electron chi connectivity index (χ4n) is 3.03. The van der Waals surface area contributed by atoms with Crippen LogP contribution in [0.4, 0.5) is 0 Å². The van der Waals surface area contributed by atoms with Crippen molar-refractivity contribution in [1.82, 2.24) is 8.87 Å². The van der Waals surface area contributed by atoms with E-state index in [9.17, 15) is 18.0 Å². The highest BCUT2D eigenvalue weighted by atomic mass is 32.2. The molecule has 7 nitrogen and oxygen atoms in total. The van der Waals surface area contributed by atoms with Crippen molar-refractivity contribution in [2.45, 2.75) is 25.7 Å². The number of nitrogens with zero attached hydrogens (tertiary/aromatic N) is 2. The summed E-state index contributed by atoms with van der Waals surface area (Å²) < 4.78 is 32.8. The molecular formula is C19H24N2O5S. The Morgan fingerprint density at radius 1 is 1.11 bits per heavy atom. The molecule has 0 aliphatic rings. The van der Waals surface area contributed by atoms with Gasteiger partial charge in [0.2, 0.25) is 10.0 Å². The van der Waals surface area contributed by atoms with E-state index < -0.39 is 16.0 Å². The second-order valence-corrected chi connectivity index (χ2v) is 8.53. The van der Waals surface area contributed by atoms with Gasteiger partial charge in [-0.3, -0.25) is 4.79 Å². The van der Waals surface area contributed by atoms with Gasteiger partial charge in [0, 0.05) is 25.4 Å². The number of carbonyl (C=O) groups is 2. The lowest BCUT2D eigenvalue weighted by molar-refractivity contribution is 0.0588. The van der Waals surface area contributed by atoms with E-state index in [1.807, 2.05) is 6.92 Å². The number of ether oxygens (including phenoxy) is 1. The number of Topliss-reactive ketones (excluding diaryl/α,β-unsaturated/α-hetero) is 1. The standard InChI is InChI=1S/C19H24N2O5S/c1-12-7-9-15(10-8-12)27(24,25)20(4)11-16(22)17-13(2)18(19(23)26-6)21(5)14(17)3/h7-10H,11H2,1-6H3. The third kappa shape index (κ3) is 3.81. The van der Waals surface area contributed by atoms with Crippen LogP contribution in [0.1, 0.15) is 37.7 Å². The van der Waals surface area contributed by atoms with Gasteiger partial charge in [0.05, 0.1) is 18.6 Å². The monoisotopic (exact) mass is 392 g/mol. The highest BCUT2D eigenvalue weighted by molar-refractivity contribution is 7.89. The number of hydrogen-bond donors (Lipinski definition) is 0. The number of benzene rings is 1. The second-order valence-electron chi connectivity index (χ2n) is 6.48. The van der Waals surface area contributed by atoms with Crippen molar-refractivity contribution in [1.29, 1.82) is 0 Å². The van der Waals surface area contributed by atoms with Gasteiger partial charge < -0.3 is 9.30 Å². The molecule has 0 aliphatic heterocycles. The molecule has 2 aromatic rings. The molecule has 0 fully saturated rings. The summed E-state index contributed by atoms with van der Waals surface area (Å²) in [4.78, 5) is 24.9. The highest BCUT2D eigenvalue weighted by Gasteiger charge is 2.28. The average molecular weight is 392 g/mol. The van der Waals surface area contributed by atoms with Crippen LogP contribution >= 0.6 is 0 Å². The summed E-state index contributed by atoms with van der Waals surface area (Å²) in [5.41, 5.74) is 2.62. The van der Waals surface area contributed by atoms with E-state index in [4.69, 9.17) is 4.74 Å². The molecule has 0 unspecified atom stereocenters. The number of carbonyl (C=O) groups excluding carboxylic acids is 2. The fourth-order valence-corrected chi connectivity index (χ4v) is 4.16. The first-order valence-electron chi connectivity index (χ1n) is 8.32. The number of sulfonamides is 1. The predicted octanol–water partition coefficient (Wildman–Crippen LogP) is 2.24. The normalized spacial score (nSPS) is 11.7.